The predicted molar refractivity (Wildman–Crippen MR) is 96.6 cm³/mol. The molecule has 7 heteroatoms. The number of hydrogen-bond donors (Lipinski definition) is 2. The van der Waals surface area contributed by atoms with Gasteiger partial charge in [0.15, 0.2) is 0 Å². The van der Waals surface area contributed by atoms with Crippen molar-refractivity contribution in [3.63, 3.8) is 0 Å². The van der Waals surface area contributed by atoms with Crippen LogP contribution in [-0.4, -0.2) is 20.9 Å². The lowest BCUT2D eigenvalue weighted by molar-refractivity contribution is 0.0945. The van der Waals surface area contributed by atoms with Crippen LogP contribution in [0.2, 0.25) is 0 Å². The molecule has 0 saturated carbocycles. The first-order chi connectivity index (χ1) is 12.7. The molecular weight excluding hydrogens is 328 g/mol. The highest BCUT2D eigenvalue weighted by Gasteiger charge is 2.11. The van der Waals surface area contributed by atoms with Gasteiger partial charge in [0, 0.05) is 24.6 Å². The summed E-state index contributed by atoms with van der Waals surface area (Å²) in [5.74, 6) is -0.0461. The number of para-hydroxylation sites is 1. The number of carbonyl (C=O) groups excluding carboxylic acids is 1. The molecule has 0 spiro atoms. The van der Waals surface area contributed by atoms with Gasteiger partial charge in [-0.1, -0.05) is 18.2 Å². The SMILES string of the molecule is Cc1cc(C(=O)NCc2cccnc2)nc(Nc2ccccc2C#N)n1. The first kappa shape index (κ1) is 17.0. The van der Waals surface area contributed by atoms with Crippen molar-refractivity contribution in [3.05, 3.63) is 77.4 Å². The topological polar surface area (TPSA) is 104 Å². The average Bonchev–Trinajstić information content (AvgIpc) is 2.67. The number of rotatable bonds is 5. The molecule has 0 aliphatic carbocycles. The van der Waals surface area contributed by atoms with E-state index in [1.807, 2.05) is 12.1 Å². The number of aryl methyl sites for hydroxylation is 1. The predicted octanol–water partition coefficient (Wildman–Crippen LogP) is 2.73. The van der Waals surface area contributed by atoms with Crippen molar-refractivity contribution in [1.29, 1.82) is 5.26 Å². The van der Waals surface area contributed by atoms with E-state index in [1.54, 1.807) is 49.6 Å². The van der Waals surface area contributed by atoms with Crippen LogP contribution in [0.3, 0.4) is 0 Å². The zero-order chi connectivity index (χ0) is 18.4. The van der Waals surface area contributed by atoms with E-state index in [4.69, 9.17) is 0 Å². The second-order valence-electron chi connectivity index (χ2n) is 5.54. The standard InChI is InChI=1S/C19H16N6O/c1-13-9-17(18(26)22-12-14-5-4-8-21-11-14)25-19(23-13)24-16-7-3-2-6-15(16)10-20/h2-9,11H,12H2,1H3,(H,22,26)(H,23,24,25). The van der Waals surface area contributed by atoms with E-state index in [9.17, 15) is 10.1 Å². The summed E-state index contributed by atoms with van der Waals surface area (Å²) >= 11 is 0. The number of nitriles is 1. The van der Waals surface area contributed by atoms with Gasteiger partial charge in [-0.25, -0.2) is 9.97 Å². The Hall–Kier alpha value is -3.79. The number of benzene rings is 1. The Kier molecular flexibility index (Phi) is 5.15. The van der Waals surface area contributed by atoms with Gasteiger partial charge in [-0.15, -0.1) is 0 Å². The molecule has 26 heavy (non-hydrogen) atoms. The van der Waals surface area contributed by atoms with Crippen molar-refractivity contribution < 1.29 is 4.79 Å². The van der Waals surface area contributed by atoms with Crippen LogP contribution < -0.4 is 10.6 Å². The zero-order valence-electron chi connectivity index (χ0n) is 14.1. The van der Waals surface area contributed by atoms with E-state index in [2.05, 4.69) is 31.7 Å². The highest BCUT2D eigenvalue weighted by Crippen LogP contribution is 2.18. The third-order valence-electron chi connectivity index (χ3n) is 3.56. The number of anilines is 2. The van der Waals surface area contributed by atoms with Gasteiger partial charge in [0.05, 0.1) is 11.3 Å². The largest absolute Gasteiger partial charge is 0.347 e. The van der Waals surface area contributed by atoms with Gasteiger partial charge >= 0.3 is 0 Å². The molecule has 0 fully saturated rings. The molecule has 1 aromatic carbocycles. The van der Waals surface area contributed by atoms with Crippen LogP contribution in [-0.2, 0) is 6.54 Å². The zero-order valence-corrected chi connectivity index (χ0v) is 14.1. The summed E-state index contributed by atoms with van der Waals surface area (Å²) < 4.78 is 0. The molecule has 2 N–H and O–H groups in total. The minimum Gasteiger partial charge on any atom is -0.347 e. The molecule has 3 rings (SSSR count). The van der Waals surface area contributed by atoms with Crippen LogP contribution in [0.15, 0.2) is 54.9 Å². The van der Waals surface area contributed by atoms with Crippen molar-refractivity contribution in [1.82, 2.24) is 20.3 Å². The van der Waals surface area contributed by atoms with Crippen LogP contribution in [0.25, 0.3) is 0 Å². The summed E-state index contributed by atoms with van der Waals surface area (Å²) in [5, 5.41) is 15.0. The van der Waals surface area contributed by atoms with Gasteiger partial charge in [0.2, 0.25) is 5.95 Å². The van der Waals surface area contributed by atoms with Gasteiger partial charge < -0.3 is 10.6 Å². The van der Waals surface area contributed by atoms with E-state index < -0.39 is 0 Å². The first-order valence-electron chi connectivity index (χ1n) is 7.94. The van der Waals surface area contributed by atoms with Gasteiger partial charge in [-0.05, 0) is 36.8 Å². The number of aromatic nitrogens is 3. The summed E-state index contributed by atoms with van der Waals surface area (Å²) in [6.07, 6.45) is 3.37. The Balaban J connectivity index is 1.77. The van der Waals surface area contributed by atoms with Crippen LogP contribution >= 0.6 is 0 Å². The molecule has 7 nitrogen and oxygen atoms in total. The van der Waals surface area contributed by atoms with Crippen LogP contribution in [0.5, 0.6) is 0 Å². The maximum Gasteiger partial charge on any atom is 0.270 e. The Bertz CT molecular complexity index is 965. The quantitative estimate of drug-likeness (QED) is 0.737. The van der Waals surface area contributed by atoms with E-state index in [0.717, 1.165) is 5.56 Å². The molecule has 3 aromatic rings. The van der Waals surface area contributed by atoms with E-state index in [0.29, 0.717) is 23.5 Å². The fourth-order valence-electron chi connectivity index (χ4n) is 2.33. The lowest BCUT2D eigenvalue weighted by Crippen LogP contribution is -2.24. The minimum absolute atomic E-state index is 0.248. The Morgan fingerprint density at radius 3 is 2.81 bits per heavy atom. The molecule has 0 unspecified atom stereocenters. The summed E-state index contributed by atoms with van der Waals surface area (Å²) in [4.78, 5) is 25.0. The molecule has 0 atom stereocenters. The van der Waals surface area contributed by atoms with Crippen molar-refractivity contribution in [3.8, 4) is 6.07 Å². The van der Waals surface area contributed by atoms with E-state index >= 15 is 0 Å². The number of amides is 1. The van der Waals surface area contributed by atoms with Gasteiger partial charge in [0.25, 0.3) is 5.91 Å². The fraction of sp³-hybridized carbons (Fsp3) is 0.105. The Morgan fingerprint density at radius 1 is 1.19 bits per heavy atom. The van der Waals surface area contributed by atoms with Crippen molar-refractivity contribution in [2.75, 3.05) is 5.32 Å². The molecule has 1 amide bonds. The lowest BCUT2D eigenvalue weighted by Gasteiger charge is -2.09. The maximum absolute atomic E-state index is 12.4. The molecule has 0 saturated heterocycles. The molecule has 0 bridgehead atoms. The molecule has 0 aliphatic rings. The van der Waals surface area contributed by atoms with E-state index in [1.165, 1.54) is 0 Å². The molecular formula is C19H16N6O. The number of pyridine rings is 1. The van der Waals surface area contributed by atoms with E-state index in [-0.39, 0.29) is 17.5 Å². The number of nitrogens with zero attached hydrogens (tertiary/aromatic N) is 4. The summed E-state index contributed by atoms with van der Waals surface area (Å²) in [6.45, 7) is 2.14. The fourth-order valence-corrected chi connectivity index (χ4v) is 2.33. The number of carbonyl (C=O) groups is 1. The third-order valence-corrected chi connectivity index (χ3v) is 3.56. The van der Waals surface area contributed by atoms with Crippen molar-refractivity contribution in [2.45, 2.75) is 13.5 Å². The first-order valence-corrected chi connectivity index (χ1v) is 7.94. The number of nitrogens with one attached hydrogen (secondary N) is 2. The summed E-state index contributed by atoms with van der Waals surface area (Å²) in [6, 6.07) is 14.4. The molecule has 2 aromatic heterocycles. The average molecular weight is 344 g/mol. The Labute approximate surface area is 150 Å². The highest BCUT2D eigenvalue weighted by molar-refractivity contribution is 5.92. The van der Waals surface area contributed by atoms with Crippen LogP contribution in [0.4, 0.5) is 11.6 Å². The second-order valence-corrected chi connectivity index (χ2v) is 5.54. The second kappa shape index (κ2) is 7.85. The van der Waals surface area contributed by atoms with Gasteiger partial charge in [-0.3, -0.25) is 9.78 Å². The smallest absolute Gasteiger partial charge is 0.270 e. The Morgan fingerprint density at radius 2 is 2.04 bits per heavy atom. The number of hydrogen-bond acceptors (Lipinski definition) is 6. The normalized spacial score (nSPS) is 10.0. The third kappa shape index (κ3) is 4.19. The summed E-state index contributed by atoms with van der Waals surface area (Å²) in [5.41, 5.74) is 2.84. The van der Waals surface area contributed by atoms with Crippen molar-refractivity contribution >= 4 is 17.5 Å². The van der Waals surface area contributed by atoms with Gasteiger partial charge in [-0.2, -0.15) is 5.26 Å². The summed E-state index contributed by atoms with van der Waals surface area (Å²) in [7, 11) is 0. The lowest BCUT2D eigenvalue weighted by atomic mass is 10.2. The van der Waals surface area contributed by atoms with Crippen molar-refractivity contribution in [2.24, 2.45) is 0 Å². The molecule has 0 radical (unpaired) electrons. The molecule has 2 heterocycles. The molecule has 0 aliphatic heterocycles. The molecule has 128 valence electrons. The minimum atomic E-state index is -0.309. The monoisotopic (exact) mass is 344 g/mol. The maximum atomic E-state index is 12.4. The van der Waals surface area contributed by atoms with Crippen LogP contribution in [0, 0.1) is 18.3 Å². The highest BCUT2D eigenvalue weighted by atomic mass is 16.1. The van der Waals surface area contributed by atoms with Crippen LogP contribution in [0.1, 0.15) is 27.3 Å². The van der Waals surface area contributed by atoms with Gasteiger partial charge in [0.1, 0.15) is 11.8 Å².